The molecule has 0 bridgehead atoms. The predicted octanol–water partition coefficient (Wildman–Crippen LogP) is 1.02. The van der Waals surface area contributed by atoms with Crippen molar-refractivity contribution >= 4 is 0 Å². The van der Waals surface area contributed by atoms with E-state index in [0.29, 0.717) is 0 Å². The molecule has 7 heavy (non-hydrogen) atoms. The Labute approximate surface area is 40.8 Å². The molecule has 0 atom stereocenters. The molecule has 0 aliphatic rings. The van der Waals surface area contributed by atoms with Crippen LogP contribution in [0.5, 0.6) is 0 Å². The molecule has 0 amide bonds. The van der Waals surface area contributed by atoms with Crippen molar-refractivity contribution in [2.45, 2.75) is 0 Å². The van der Waals surface area contributed by atoms with E-state index in [-0.39, 0.29) is 0 Å². The molecule has 1 aromatic heterocycles. The Morgan fingerprint density at radius 2 is 2.57 bits per heavy atom. The molecule has 0 unspecified atom stereocenters. The van der Waals surface area contributed by atoms with Crippen molar-refractivity contribution in [3.8, 4) is 0 Å². The minimum atomic E-state index is -0.484. The van der Waals surface area contributed by atoms with Gasteiger partial charge in [-0.2, -0.15) is 4.39 Å². The second kappa shape index (κ2) is 1.69. The van der Waals surface area contributed by atoms with Gasteiger partial charge in [-0.15, -0.1) is 0 Å². The third-order valence-corrected chi connectivity index (χ3v) is 0.576. The fourth-order valence-electron chi connectivity index (χ4n) is 0.307. The zero-order valence-corrected chi connectivity index (χ0v) is 3.56. The summed E-state index contributed by atoms with van der Waals surface area (Å²) in [6.07, 6.45) is 2.34. The third-order valence-electron chi connectivity index (χ3n) is 0.576. The van der Waals surface area contributed by atoms with E-state index >= 15 is 0 Å². The average molecular weight is 96.1 g/mol. The van der Waals surface area contributed by atoms with Crippen LogP contribution in [0.2, 0.25) is 0 Å². The van der Waals surface area contributed by atoms with Crippen molar-refractivity contribution in [1.29, 1.82) is 0 Å². The first-order valence-corrected chi connectivity index (χ1v) is 1.88. The van der Waals surface area contributed by atoms with Crippen LogP contribution in [-0.4, -0.2) is 4.98 Å². The maximum atomic E-state index is 11.8. The lowest BCUT2D eigenvalue weighted by Gasteiger charge is -1.77. The van der Waals surface area contributed by atoms with Gasteiger partial charge in [0.05, 0.1) is 6.20 Å². The van der Waals surface area contributed by atoms with Gasteiger partial charge in [-0.1, -0.05) is 6.07 Å². The van der Waals surface area contributed by atoms with Gasteiger partial charge in [-0.3, -0.25) is 0 Å². The normalized spacial score (nSPS) is 8.71. The molecule has 0 saturated heterocycles. The van der Waals surface area contributed by atoms with Crippen molar-refractivity contribution in [3.05, 3.63) is 30.3 Å². The van der Waals surface area contributed by atoms with Crippen molar-refractivity contribution in [3.63, 3.8) is 0 Å². The molecule has 0 spiro atoms. The summed E-state index contributed by atoms with van der Waals surface area (Å²) in [4.78, 5) is 3.19. The minimum Gasteiger partial charge on any atom is -0.218 e. The smallest absolute Gasteiger partial charge is 0.213 e. The summed E-state index contributed by atoms with van der Waals surface area (Å²) >= 11 is 0. The molecule has 0 aliphatic carbocycles. The number of aromatic nitrogens is 1. The molecule has 0 N–H and O–H groups in total. The SMILES string of the molecule is Fc1ccc[c]n1. The van der Waals surface area contributed by atoms with Crippen LogP contribution >= 0.6 is 0 Å². The van der Waals surface area contributed by atoms with Gasteiger partial charge in [-0.25, -0.2) is 4.98 Å². The summed E-state index contributed by atoms with van der Waals surface area (Å²) in [6.45, 7) is 0. The average Bonchev–Trinajstić information content (AvgIpc) is 1.69. The van der Waals surface area contributed by atoms with Crippen LogP contribution in [0.3, 0.4) is 0 Å². The second-order valence-corrected chi connectivity index (χ2v) is 1.09. The number of halogens is 1. The van der Waals surface area contributed by atoms with Crippen LogP contribution < -0.4 is 0 Å². The zero-order valence-electron chi connectivity index (χ0n) is 3.56. The number of hydrogen-bond donors (Lipinski definition) is 0. The first-order chi connectivity index (χ1) is 3.39. The van der Waals surface area contributed by atoms with Crippen molar-refractivity contribution in [2.24, 2.45) is 0 Å². The van der Waals surface area contributed by atoms with Crippen LogP contribution in [0.4, 0.5) is 4.39 Å². The second-order valence-electron chi connectivity index (χ2n) is 1.09. The lowest BCUT2D eigenvalue weighted by molar-refractivity contribution is 0.583. The highest BCUT2D eigenvalue weighted by Crippen LogP contribution is 1.85. The van der Waals surface area contributed by atoms with Crippen LogP contribution in [0.25, 0.3) is 0 Å². The fraction of sp³-hybridized carbons (Fsp3) is 0. The molecule has 0 aliphatic heterocycles. The Morgan fingerprint density at radius 3 is 2.86 bits per heavy atom. The molecule has 35 valence electrons. The van der Waals surface area contributed by atoms with E-state index in [1.54, 1.807) is 12.1 Å². The van der Waals surface area contributed by atoms with Gasteiger partial charge in [-0.05, 0) is 12.1 Å². The van der Waals surface area contributed by atoms with E-state index in [9.17, 15) is 4.39 Å². The van der Waals surface area contributed by atoms with E-state index in [0.717, 1.165) is 0 Å². The monoisotopic (exact) mass is 96.0 g/mol. The predicted molar refractivity (Wildman–Crippen MR) is 23.0 cm³/mol. The first kappa shape index (κ1) is 4.24. The molecule has 2 heteroatoms. The number of rotatable bonds is 0. The van der Waals surface area contributed by atoms with Gasteiger partial charge in [0.15, 0.2) is 0 Å². The van der Waals surface area contributed by atoms with Crippen LogP contribution in [-0.2, 0) is 0 Å². The van der Waals surface area contributed by atoms with E-state index < -0.39 is 5.95 Å². The van der Waals surface area contributed by atoms with Gasteiger partial charge >= 0.3 is 0 Å². The Morgan fingerprint density at radius 1 is 1.71 bits per heavy atom. The highest BCUT2D eigenvalue weighted by molar-refractivity contribution is 4.89. The van der Waals surface area contributed by atoms with Crippen LogP contribution in [0.15, 0.2) is 18.2 Å². The summed E-state index contributed by atoms with van der Waals surface area (Å²) in [5.41, 5.74) is 0. The maximum Gasteiger partial charge on any atom is 0.213 e. The van der Waals surface area contributed by atoms with E-state index in [1.807, 2.05) is 0 Å². The van der Waals surface area contributed by atoms with Crippen molar-refractivity contribution < 1.29 is 4.39 Å². The Balaban J connectivity index is 3.02. The summed E-state index contributed by atoms with van der Waals surface area (Å²) in [7, 11) is 0. The molecule has 0 fully saturated rings. The molecule has 1 nitrogen and oxygen atoms in total. The molecule has 1 rings (SSSR count). The highest BCUT2D eigenvalue weighted by atomic mass is 19.1. The summed E-state index contributed by atoms with van der Waals surface area (Å²) in [5, 5.41) is 0. The van der Waals surface area contributed by atoms with E-state index in [1.165, 1.54) is 6.07 Å². The van der Waals surface area contributed by atoms with Gasteiger partial charge in [0.25, 0.3) is 0 Å². The van der Waals surface area contributed by atoms with Crippen LogP contribution in [0.1, 0.15) is 0 Å². The first-order valence-electron chi connectivity index (χ1n) is 1.88. The Hall–Kier alpha value is -0.920. The summed E-state index contributed by atoms with van der Waals surface area (Å²) in [6, 6.07) is 4.36. The quantitative estimate of drug-likeness (QED) is 0.439. The topological polar surface area (TPSA) is 12.9 Å². The fourth-order valence-corrected chi connectivity index (χ4v) is 0.307. The standard InChI is InChI=1S/C5H3FN/c6-5-3-1-2-4-7-5/h1-3H. The lowest BCUT2D eigenvalue weighted by atomic mass is 10.5. The lowest BCUT2D eigenvalue weighted by Crippen LogP contribution is -1.74. The number of pyridine rings is 1. The van der Waals surface area contributed by atoms with Crippen molar-refractivity contribution in [1.82, 2.24) is 4.98 Å². The number of hydrogen-bond acceptors (Lipinski definition) is 1. The molecule has 0 saturated carbocycles. The summed E-state index contributed by atoms with van der Waals surface area (Å²) < 4.78 is 11.8. The zero-order chi connectivity index (χ0) is 5.11. The van der Waals surface area contributed by atoms with Crippen LogP contribution in [0, 0.1) is 12.1 Å². The van der Waals surface area contributed by atoms with Gasteiger partial charge in [0, 0.05) is 0 Å². The molecule has 1 heterocycles. The summed E-state index contributed by atoms with van der Waals surface area (Å²) in [5.74, 6) is -0.484. The van der Waals surface area contributed by atoms with E-state index in [2.05, 4.69) is 11.2 Å². The number of nitrogens with zero attached hydrogens (tertiary/aromatic N) is 1. The molecule has 1 aromatic rings. The third kappa shape index (κ3) is 0.961. The largest absolute Gasteiger partial charge is 0.218 e. The Bertz CT molecular complexity index is 138. The molecule has 1 radical (unpaired) electrons. The molecular weight excluding hydrogens is 93.1 g/mol. The highest BCUT2D eigenvalue weighted by Gasteiger charge is 1.79. The Kier molecular flexibility index (Phi) is 1.02. The minimum absolute atomic E-state index is 0.484. The van der Waals surface area contributed by atoms with Gasteiger partial charge in [0.2, 0.25) is 5.95 Å². The van der Waals surface area contributed by atoms with Gasteiger partial charge < -0.3 is 0 Å². The molecular formula is C5H3FN. The molecule has 0 aromatic carbocycles. The maximum absolute atomic E-state index is 11.8. The van der Waals surface area contributed by atoms with Gasteiger partial charge in [0.1, 0.15) is 0 Å². The van der Waals surface area contributed by atoms with E-state index in [4.69, 9.17) is 0 Å². The van der Waals surface area contributed by atoms with Crippen molar-refractivity contribution in [2.75, 3.05) is 0 Å².